The monoisotopic (exact) mass is 431 g/mol. The minimum absolute atomic E-state index is 0.0753. The zero-order valence-electron chi connectivity index (χ0n) is 17.5. The van der Waals surface area contributed by atoms with Crippen molar-refractivity contribution >= 4 is 22.6 Å². The topological polar surface area (TPSA) is 102 Å². The number of carbonyl (C=O) groups is 1. The maximum atomic E-state index is 14.2. The van der Waals surface area contributed by atoms with Gasteiger partial charge in [-0.15, -0.1) is 0 Å². The number of benzene rings is 2. The van der Waals surface area contributed by atoms with E-state index in [1.807, 2.05) is 37.4 Å². The summed E-state index contributed by atoms with van der Waals surface area (Å²) in [6, 6.07) is 12.5. The summed E-state index contributed by atoms with van der Waals surface area (Å²) < 4.78 is 15.7. The van der Waals surface area contributed by atoms with Crippen LogP contribution in [0.2, 0.25) is 0 Å². The van der Waals surface area contributed by atoms with Gasteiger partial charge in [0.2, 0.25) is 5.91 Å². The van der Waals surface area contributed by atoms with Gasteiger partial charge in [0.25, 0.3) is 5.95 Å². The summed E-state index contributed by atoms with van der Waals surface area (Å²) >= 11 is 0. The first-order chi connectivity index (χ1) is 15.5. The number of halogens is 1. The van der Waals surface area contributed by atoms with Crippen LogP contribution in [-0.4, -0.2) is 44.1 Å². The van der Waals surface area contributed by atoms with Crippen LogP contribution < -0.4 is 11.1 Å². The fourth-order valence-electron chi connectivity index (χ4n) is 4.03. The van der Waals surface area contributed by atoms with Crippen LogP contribution in [0.25, 0.3) is 16.9 Å². The highest BCUT2D eigenvalue weighted by Gasteiger charge is 2.23. The molecular weight excluding hydrogens is 409 g/mol. The summed E-state index contributed by atoms with van der Waals surface area (Å²) in [5.41, 5.74) is 9.00. The normalized spacial score (nSPS) is 13.8. The van der Waals surface area contributed by atoms with Gasteiger partial charge in [-0.25, -0.2) is 9.37 Å². The van der Waals surface area contributed by atoms with E-state index in [2.05, 4.69) is 15.3 Å². The van der Waals surface area contributed by atoms with E-state index in [0.29, 0.717) is 29.9 Å². The molecular formula is C23H22FN7O. The first-order valence-corrected chi connectivity index (χ1v) is 10.3. The van der Waals surface area contributed by atoms with Gasteiger partial charge in [-0.2, -0.15) is 14.8 Å². The van der Waals surface area contributed by atoms with Crippen LogP contribution in [0.4, 0.5) is 10.2 Å². The molecule has 0 atom stereocenters. The maximum absolute atomic E-state index is 14.2. The second-order valence-corrected chi connectivity index (χ2v) is 7.93. The first kappa shape index (κ1) is 20.1. The van der Waals surface area contributed by atoms with Gasteiger partial charge in [0.15, 0.2) is 0 Å². The quantitative estimate of drug-likeness (QED) is 0.504. The van der Waals surface area contributed by atoms with Crippen molar-refractivity contribution in [3.8, 4) is 5.95 Å². The number of nitrogens with one attached hydrogen (secondary N) is 1. The number of carbonyl (C=O) groups excluding carboxylic acids is 1. The predicted molar refractivity (Wildman–Crippen MR) is 119 cm³/mol. The minimum atomic E-state index is -0.716. The molecule has 3 N–H and O–H groups in total. The number of fused-ring (bicyclic) bond motifs is 2. The van der Waals surface area contributed by atoms with Gasteiger partial charge in [0.1, 0.15) is 11.6 Å². The lowest BCUT2D eigenvalue weighted by atomic mass is 10.1. The molecule has 0 fully saturated rings. The predicted octanol–water partition coefficient (Wildman–Crippen LogP) is 2.65. The number of amides is 1. The third kappa shape index (κ3) is 3.67. The zero-order valence-corrected chi connectivity index (χ0v) is 17.5. The van der Waals surface area contributed by atoms with Crippen molar-refractivity contribution in [3.63, 3.8) is 0 Å². The van der Waals surface area contributed by atoms with Crippen LogP contribution >= 0.6 is 0 Å². The highest BCUT2D eigenvalue weighted by Crippen LogP contribution is 2.27. The molecule has 32 heavy (non-hydrogen) atoms. The molecule has 1 aliphatic rings. The van der Waals surface area contributed by atoms with E-state index >= 15 is 0 Å². The van der Waals surface area contributed by atoms with Crippen molar-refractivity contribution in [2.24, 2.45) is 5.73 Å². The van der Waals surface area contributed by atoms with Crippen molar-refractivity contribution in [2.45, 2.75) is 19.5 Å². The average molecular weight is 431 g/mol. The third-order valence-electron chi connectivity index (χ3n) is 5.66. The highest BCUT2D eigenvalue weighted by molar-refractivity contribution is 6.05. The Labute approximate surface area is 183 Å². The lowest BCUT2D eigenvalue weighted by Crippen LogP contribution is -2.29. The van der Waals surface area contributed by atoms with Crippen LogP contribution in [0, 0.1) is 5.82 Å². The van der Waals surface area contributed by atoms with Gasteiger partial charge in [-0.1, -0.05) is 30.3 Å². The molecule has 0 spiro atoms. The molecule has 9 heteroatoms. The SMILES string of the molecule is CN1CCc2c(nc(-n3ncc4c(C(N)=O)cc(F)cc43)nc2NCc2ccccc2)C1. The van der Waals surface area contributed by atoms with Crippen LogP contribution in [0.3, 0.4) is 0 Å². The molecule has 0 radical (unpaired) electrons. The minimum Gasteiger partial charge on any atom is -0.366 e. The van der Waals surface area contributed by atoms with E-state index in [9.17, 15) is 9.18 Å². The van der Waals surface area contributed by atoms with E-state index in [4.69, 9.17) is 15.7 Å². The molecule has 1 amide bonds. The molecule has 2 aromatic carbocycles. The van der Waals surface area contributed by atoms with Gasteiger partial charge in [0, 0.05) is 36.7 Å². The van der Waals surface area contributed by atoms with Crippen molar-refractivity contribution in [1.82, 2.24) is 24.6 Å². The van der Waals surface area contributed by atoms with E-state index < -0.39 is 11.7 Å². The zero-order chi connectivity index (χ0) is 22.2. The molecule has 5 rings (SSSR count). The molecule has 162 valence electrons. The Morgan fingerprint density at radius 3 is 2.81 bits per heavy atom. The molecule has 3 heterocycles. The molecule has 0 bridgehead atoms. The number of nitrogens with two attached hydrogens (primary N) is 1. The van der Waals surface area contributed by atoms with Crippen LogP contribution in [0.5, 0.6) is 0 Å². The van der Waals surface area contributed by atoms with Gasteiger partial charge in [-0.3, -0.25) is 4.79 Å². The number of rotatable bonds is 5. The summed E-state index contributed by atoms with van der Waals surface area (Å²) in [7, 11) is 2.04. The largest absolute Gasteiger partial charge is 0.366 e. The van der Waals surface area contributed by atoms with Crippen LogP contribution in [-0.2, 0) is 19.5 Å². The first-order valence-electron chi connectivity index (χ1n) is 10.3. The Kier molecular flexibility index (Phi) is 5.02. The molecule has 0 aliphatic carbocycles. The van der Waals surface area contributed by atoms with E-state index in [1.54, 1.807) is 0 Å². The number of aromatic nitrogens is 4. The molecule has 8 nitrogen and oxygen atoms in total. The van der Waals surface area contributed by atoms with Gasteiger partial charge >= 0.3 is 0 Å². The highest BCUT2D eigenvalue weighted by atomic mass is 19.1. The Morgan fingerprint density at radius 1 is 1.22 bits per heavy atom. The summed E-state index contributed by atoms with van der Waals surface area (Å²) in [6.07, 6.45) is 2.31. The van der Waals surface area contributed by atoms with E-state index in [1.165, 1.54) is 16.9 Å². The average Bonchev–Trinajstić information content (AvgIpc) is 3.20. The Bertz CT molecular complexity index is 1320. The van der Waals surface area contributed by atoms with Crippen molar-refractivity contribution < 1.29 is 9.18 Å². The Morgan fingerprint density at radius 2 is 2.03 bits per heavy atom. The standard InChI is InChI=1S/C23H22FN7O/c1-30-8-7-16-19(13-30)28-23(29-22(16)26-11-14-5-3-2-4-6-14)31-20-10-15(24)9-17(21(25)32)18(20)12-27-31/h2-6,9-10,12H,7-8,11,13H2,1H3,(H2,25,32)(H,26,28,29). The molecule has 0 saturated heterocycles. The number of hydrogen-bond acceptors (Lipinski definition) is 6. The Balaban J connectivity index is 1.62. The summed E-state index contributed by atoms with van der Waals surface area (Å²) in [5, 5.41) is 8.24. The fourth-order valence-corrected chi connectivity index (χ4v) is 4.03. The van der Waals surface area contributed by atoms with Crippen molar-refractivity contribution in [1.29, 1.82) is 0 Å². The summed E-state index contributed by atoms with van der Waals surface area (Å²) in [4.78, 5) is 23.5. The number of primary amides is 1. The maximum Gasteiger partial charge on any atom is 0.253 e. The van der Waals surface area contributed by atoms with E-state index in [-0.39, 0.29) is 5.56 Å². The molecule has 0 unspecified atom stereocenters. The van der Waals surface area contributed by atoms with Crippen molar-refractivity contribution in [2.75, 3.05) is 18.9 Å². The Hall–Kier alpha value is -3.85. The van der Waals surface area contributed by atoms with E-state index in [0.717, 1.165) is 41.7 Å². The lowest BCUT2D eigenvalue weighted by molar-refractivity contribution is 0.100. The molecule has 0 saturated carbocycles. The van der Waals surface area contributed by atoms with Gasteiger partial charge in [0.05, 0.1) is 23.0 Å². The van der Waals surface area contributed by atoms with Crippen molar-refractivity contribution in [3.05, 3.63) is 76.9 Å². The fraction of sp³-hybridized carbons (Fsp3) is 0.217. The summed E-state index contributed by atoms with van der Waals surface area (Å²) in [5.74, 6) is -0.247. The number of hydrogen-bond donors (Lipinski definition) is 2. The second-order valence-electron chi connectivity index (χ2n) is 7.93. The molecule has 1 aliphatic heterocycles. The smallest absolute Gasteiger partial charge is 0.253 e. The second kappa shape index (κ2) is 8.01. The number of anilines is 1. The van der Waals surface area contributed by atoms with Crippen LogP contribution in [0.15, 0.2) is 48.7 Å². The number of likely N-dealkylation sites (N-methyl/N-ethyl adjacent to an activating group) is 1. The number of nitrogens with zero attached hydrogens (tertiary/aromatic N) is 5. The van der Waals surface area contributed by atoms with Crippen LogP contribution in [0.1, 0.15) is 27.2 Å². The summed E-state index contributed by atoms with van der Waals surface area (Å²) in [6.45, 7) is 2.19. The molecule has 2 aromatic heterocycles. The van der Waals surface area contributed by atoms with Gasteiger partial charge < -0.3 is 16.0 Å². The lowest BCUT2D eigenvalue weighted by Gasteiger charge is -2.26. The molecule has 4 aromatic rings. The van der Waals surface area contributed by atoms with Gasteiger partial charge in [-0.05, 0) is 25.1 Å². The third-order valence-corrected chi connectivity index (χ3v) is 5.66.